The molecule has 0 fully saturated rings. The molecule has 0 aliphatic rings. The Kier molecular flexibility index (Phi) is 4.63. The number of nitro groups is 1. The number of nitrogens with one attached hydrogen (secondary N) is 1. The van der Waals surface area contributed by atoms with Gasteiger partial charge in [-0.25, -0.2) is 4.98 Å². The SMILES string of the molecule is CCNc1cnc(Cn2cc(Br)cc([N+](=O)[O-])c2=O)cn1. The summed E-state index contributed by atoms with van der Waals surface area (Å²) >= 11 is 3.15. The van der Waals surface area contributed by atoms with Crippen molar-refractivity contribution in [2.45, 2.75) is 13.5 Å². The minimum atomic E-state index is -0.705. The summed E-state index contributed by atoms with van der Waals surface area (Å²) < 4.78 is 1.67. The molecule has 2 aromatic heterocycles. The number of rotatable bonds is 5. The van der Waals surface area contributed by atoms with Crippen LogP contribution in [0.4, 0.5) is 11.5 Å². The zero-order valence-electron chi connectivity index (χ0n) is 11.1. The van der Waals surface area contributed by atoms with Crippen molar-refractivity contribution in [3.63, 3.8) is 0 Å². The van der Waals surface area contributed by atoms with Crippen LogP contribution in [-0.2, 0) is 6.54 Å². The molecule has 2 rings (SSSR count). The third-order valence-corrected chi connectivity index (χ3v) is 3.06. The summed E-state index contributed by atoms with van der Waals surface area (Å²) in [6.07, 6.45) is 4.56. The molecule has 0 spiro atoms. The van der Waals surface area contributed by atoms with Crippen LogP contribution in [0.3, 0.4) is 0 Å². The zero-order valence-corrected chi connectivity index (χ0v) is 12.7. The van der Waals surface area contributed by atoms with Gasteiger partial charge in [0.1, 0.15) is 5.82 Å². The number of aromatic nitrogens is 3. The molecule has 0 saturated carbocycles. The molecule has 0 amide bonds. The van der Waals surface area contributed by atoms with Crippen molar-refractivity contribution in [1.82, 2.24) is 14.5 Å². The van der Waals surface area contributed by atoms with Crippen LogP contribution in [0.5, 0.6) is 0 Å². The lowest BCUT2D eigenvalue weighted by atomic mass is 10.3. The number of nitrogens with zero attached hydrogens (tertiary/aromatic N) is 4. The van der Waals surface area contributed by atoms with Crippen LogP contribution in [0.25, 0.3) is 0 Å². The van der Waals surface area contributed by atoms with Gasteiger partial charge in [0.2, 0.25) is 0 Å². The first-order valence-corrected chi connectivity index (χ1v) is 6.89. The summed E-state index contributed by atoms with van der Waals surface area (Å²) in [5, 5.41) is 13.8. The third-order valence-electron chi connectivity index (χ3n) is 2.63. The average molecular weight is 354 g/mol. The summed E-state index contributed by atoms with van der Waals surface area (Å²) in [6.45, 7) is 2.78. The summed E-state index contributed by atoms with van der Waals surface area (Å²) in [4.78, 5) is 30.4. The second-order valence-electron chi connectivity index (χ2n) is 4.16. The highest BCUT2D eigenvalue weighted by Gasteiger charge is 2.16. The molecule has 9 heteroatoms. The quantitative estimate of drug-likeness (QED) is 0.649. The lowest BCUT2D eigenvalue weighted by Gasteiger charge is -2.07. The Morgan fingerprint density at radius 1 is 1.43 bits per heavy atom. The van der Waals surface area contributed by atoms with Gasteiger partial charge < -0.3 is 9.88 Å². The first-order valence-electron chi connectivity index (χ1n) is 6.10. The highest BCUT2D eigenvalue weighted by molar-refractivity contribution is 9.10. The Morgan fingerprint density at radius 3 is 2.76 bits per heavy atom. The van der Waals surface area contributed by atoms with E-state index in [1.54, 1.807) is 6.20 Å². The molecule has 110 valence electrons. The van der Waals surface area contributed by atoms with Crippen molar-refractivity contribution in [3.05, 3.63) is 55.3 Å². The maximum absolute atomic E-state index is 12.0. The summed E-state index contributed by atoms with van der Waals surface area (Å²) in [5.74, 6) is 0.633. The molecule has 0 radical (unpaired) electrons. The minimum Gasteiger partial charge on any atom is -0.369 e. The van der Waals surface area contributed by atoms with E-state index in [0.29, 0.717) is 16.0 Å². The van der Waals surface area contributed by atoms with Gasteiger partial charge in [-0.05, 0) is 22.9 Å². The van der Waals surface area contributed by atoms with Gasteiger partial charge in [-0.15, -0.1) is 0 Å². The molecule has 0 bridgehead atoms. The topological polar surface area (TPSA) is 103 Å². The van der Waals surface area contributed by atoms with Crippen LogP contribution in [0.2, 0.25) is 0 Å². The van der Waals surface area contributed by atoms with Crippen LogP contribution < -0.4 is 10.9 Å². The lowest BCUT2D eigenvalue weighted by Crippen LogP contribution is -2.23. The largest absolute Gasteiger partial charge is 0.369 e. The molecule has 0 aliphatic carbocycles. The van der Waals surface area contributed by atoms with Crippen LogP contribution in [0.15, 0.2) is 33.9 Å². The monoisotopic (exact) mass is 353 g/mol. The van der Waals surface area contributed by atoms with Gasteiger partial charge in [-0.2, -0.15) is 0 Å². The van der Waals surface area contributed by atoms with Gasteiger partial charge in [0, 0.05) is 23.3 Å². The second-order valence-corrected chi connectivity index (χ2v) is 5.07. The van der Waals surface area contributed by atoms with Gasteiger partial charge in [0.15, 0.2) is 0 Å². The van der Waals surface area contributed by atoms with E-state index in [2.05, 4.69) is 31.2 Å². The summed E-state index contributed by atoms with van der Waals surface area (Å²) in [6, 6.07) is 1.18. The smallest absolute Gasteiger partial charge is 0.335 e. The van der Waals surface area contributed by atoms with Crippen LogP contribution in [0, 0.1) is 10.1 Å². The predicted octanol–water partition coefficient (Wildman–Crippen LogP) is 1.79. The van der Waals surface area contributed by atoms with Gasteiger partial charge in [-0.3, -0.25) is 19.9 Å². The Balaban J connectivity index is 2.31. The maximum atomic E-state index is 12.0. The Bertz CT molecular complexity index is 714. The number of anilines is 1. The van der Waals surface area contributed by atoms with E-state index in [-0.39, 0.29) is 6.54 Å². The van der Waals surface area contributed by atoms with Crippen molar-refractivity contribution in [1.29, 1.82) is 0 Å². The molecule has 0 unspecified atom stereocenters. The molecule has 0 atom stereocenters. The number of hydrogen-bond donors (Lipinski definition) is 1. The highest BCUT2D eigenvalue weighted by Crippen LogP contribution is 2.14. The van der Waals surface area contributed by atoms with Crippen molar-refractivity contribution < 1.29 is 4.92 Å². The van der Waals surface area contributed by atoms with Crippen LogP contribution in [0.1, 0.15) is 12.6 Å². The first-order chi connectivity index (χ1) is 10.0. The van der Waals surface area contributed by atoms with Gasteiger partial charge >= 0.3 is 11.2 Å². The van der Waals surface area contributed by atoms with Crippen molar-refractivity contribution in [2.75, 3.05) is 11.9 Å². The molecule has 2 aromatic rings. The third kappa shape index (κ3) is 3.63. The lowest BCUT2D eigenvalue weighted by molar-refractivity contribution is -0.386. The first kappa shape index (κ1) is 15.1. The fourth-order valence-corrected chi connectivity index (χ4v) is 2.18. The van der Waals surface area contributed by atoms with E-state index in [4.69, 9.17) is 0 Å². The van der Waals surface area contributed by atoms with Gasteiger partial charge in [0.25, 0.3) is 0 Å². The molecule has 1 N–H and O–H groups in total. The standard InChI is InChI=1S/C12H12BrN5O3/c1-2-14-11-5-15-9(4-16-11)7-17-6-8(13)3-10(12(17)19)18(20)21/h3-6H,2,7H2,1H3,(H,14,16). The molecule has 0 aliphatic heterocycles. The van der Waals surface area contributed by atoms with Crippen molar-refractivity contribution >= 4 is 27.4 Å². The van der Waals surface area contributed by atoms with E-state index in [9.17, 15) is 14.9 Å². The molecular formula is C12H12BrN5O3. The zero-order chi connectivity index (χ0) is 15.4. The number of pyridine rings is 1. The predicted molar refractivity (Wildman–Crippen MR) is 80.4 cm³/mol. The number of halogens is 1. The van der Waals surface area contributed by atoms with Crippen molar-refractivity contribution in [3.8, 4) is 0 Å². The molecule has 21 heavy (non-hydrogen) atoms. The minimum absolute atomic E-state index is 0.110. The van der Waals surface area contributed by atoms with E-state index < -0.39 is 16.2 Å². The Hall–Kier alpha value is -2.29. The van der Waals surface area contributed by atoms with Crippen LogP contribution >= 0.6 is 15.9 Å². The summed E-state index contributed by atoms with van der Waals surface area (Å²) in [5.41, 5.74) is -0.631. The van der Waals surface area contributed by atoms with E-state index in [1.165, 1.54) is 23.0 Å². The molecule has 8 nitrogen and oxygen atoms in total. The fraction of sp³-hybridized carbons (Fsp3) is 0.250. The van der Waals surface area contributed by atoms with Gasteiger partial charge in [-0.1, -0.05) is 0 Å². The Labute approximate surface area is 128 Å². The van der Waals surface area contributed by atoms with Crippen LogP contribution in [-0.4, -0.2) is 26.0 Å². The molecule has 0 aromatic carbocycles. The second kappa shape index (κ2) is 6.44. The van der Waals surface area contributed by atoms with E-state index >= 15 is 0 Å². The number of hydrogen-bond acceptors (Lipinski definition) is 6. The average Bonchev–Trinajstić information content (AvgIpc) is 2.44. The normalized spacial score (nSPS) is 10.4. The maximum Gasteiger partial charge on any atom is 0.335 e. The van der Waals surface area contributed by atoms with Crippen molar-refractivity contribution in [2.24, 2.45) is 0 Å². The molecule has 2 heterocycles. The summed E-state index contributed by atoms with van der Waals surface area (Å²) in [7, 11) is 0. The fourth-order valence-electron chi connectivity index (χ4n) is 1.72. The van der Waals surface area contributed by atoms with Gasteiger partial charge in [0.05, 0.1) is 29.6 Å². The molecule has 0 saturated heterocycles. The Morgan fingerprint density at radius 2 is 2.19 bits per heavy atom. The highest BCUT2D eigenvalue weighted by atomic mass is 79.9. The molecular weight excluding hydrogens is 342 g/mol. The van der Waals surface area contributed by atoms with E-state index in [1.807, 2.05) is 6.92 Å². The van der Waals surface area contributed by atoms with E-state index in [0.717, 1.165) is 6.54 Å².